The molecule has 0 radical (unpaired) electrons. The summed E-state index contributed by atoms with van der Waals surface area (Å²) in [7, 11) is 0. The number of fused-ring (bicyclic) bond motifs is 1. The largest absolute Gasteiger partial charge is 0.378 e. The summed E-state index contributed by atoms with van der Waals surface area (Å²) in [6.45, 7) is 3.17. The van der Waals surface area contributed by atoms with E-state index in [0.29, 0.717) is 12.0 Å². The molecule has 1 aromatic rings. The lowest BCUT2D eigenvalue weighted by Crippen LogP contribution is -2.28. The van der Waals surface area contributed by atoms with Crippen LogP contribution in [0.15, 0.2) is 24.3 Å². The number of rotatable bonds is 4. The van der Waals surface area contributed by atoms with Gasteiger partial charge in [-0.3, -0.25) is 0 Å². The van der Waals surface area contributed by atoms with E-state index in [4.69, 9.17) is 4.74 Å². The second-order valence-corrected chi connectivity index (χ2v) is 5.59. The van der Waals surface area contributed by atoms with Gasteiger partial charge in [0.1, 0.15) is 0 Å². The van der Waals surface area contributed by atoms with Crippen molar-refractivity contribution in [2.24, 2.45) is 0 Å². The Kier molecular flexibility index (Phi) is 3.96. The first kappa shape index (κ1) is 12.2. The molecule has 2 aliphatic heterocycles. The van der Waals surface area contributed by atoms with Gasteiger partial charge in [-0.2, -0.15) is 0 Å². The molecule has 98 valence electrons. The molecule has 1 saturated heterocycles. The maximum atomic E-state index is 5.70. The van der Waals surface area contributed by atoms with Crippen LogP contribution in [0.3, 0.4) is 0 Å². The van der Waals surface area contributed by atoms with E-state index >= 15 is 0 Å². The van der Waals surface area contributed by atoms with Gasteiger partial charge in [0.25, 0.3) is 0 Å². The zero-order chi connectivity index (χ0) is 12.2. The van der Waals surface area contributed by atoms with Gasteiger partial charge < -0.3 is 10.1 Å². The molecule has 2 heteroatoms. The number of hydrogen-bond acceptors (Lipinski definition) is 2. The third-order valence-corrected chi connectivity index (χ3v) is 4.30. The molecule has 0 aromatic heterocycles. The highest BCUT2D eigenvalue weighted by atomic mass is 16.5. The van der Waals surface area contributed by atoms with Crippen molar-refractivity contribution in [2.75, 3.05) is 13.2 Å². The fraction of sp³-hybridized carbons (Fsp3) is 0.625. The lowest BCUT2D eigenvalue weighted by molar-refractivity contribution is 0.101. The Morgan fingerprint density at radius 1 is 1.22 bits per heavy atom. The molecular weight excluding hydrogens is 222 g/mol. The highest BCUT2D eigenvalue weighted by molar-refractivity contribution is 5.32. The topological polar surface area (TPSA) is 21.3 Å². The van der Waals surface area contributed by atoms with Crippen LogP contribution in [0.25, 0.3) is 0 Å². The standard InChI is InChI=1S/C16H23NO/c1-2-9-16-13(5-1)11-17-12-14(16)6-3-7-15-8-4-10-18-15/h1-2,5,9,14-15,17H,3-4,6-8,10-12H2. The van der Waals surface area contributed by atoms with Gasteiger partial charge in [0, 0.05) is 19.7 Å². The van der Waals surface area contributed by atoms with Crippen LogP contribution >= 0.6 is 0 Å². The van der Waals surface area contributed by atoms with Crippen LogP contribution in [-0.4, -0.2) is 19.3 Å². The van der Waals surface area contributed by atoms with E-state index in [0.717, 1.165) is 19.7 Å². The van der Waals surface area contributed by atoms with Crippen LogP contribution in [-0.2, 0) is 11.3 Å². The Morgan fingerprint density at radius 3 is 3.06 bits per heavy atom. The highest BCUT2D eigenvalue weighted by Crippen LogP contribution is 2.29. The summed E-state index contributed by atoms with van der Waals surface area (Å²) >= 11 is 0. The summed E-state index contributed by atoms with van der Waals surface area (Å²) in [4.78, 5) is 0. The summed E-state index contributed by atoms with van der Waals surface area (Å²) in [5.41, 5.74) is 3.06. The molecule has 2 heterocycles. The Hall–Kier alpha value is -0.860. The average Bonchev–Trinajstić information content (AvgIpc) is 2.92. The molecule has 0 amide bonds. The van der Waals surface area contributed by atoms with Crippen molar-refractivity contribution in [1.29, 1.82) is 0 Å². The minimum Gasteiger partial charge on any atom is -0.378 e. The lowest BCUT2D eigenvalue weighted by atomic mass is 9.87. The van der Waals surface area contributed by atoms with Crippen molar-refractivity contribution < 1.29 is 4.74 Å². The smallest absolute Gasteiger partial charge is 0.0576 e. The quantitative estimate of drug-likeness (QED) is 0.879. The van der Waals surface area contributed by atoms with E-state index in [9.17, 15) is 0 Å². The summed E-state index contributed by atoms with van der Waals surface area (Å²) in [6.07, 6.45) is 6.93. The molecule has 1 N–H and O–H groups in total. The molecule has 0 saturated carbocycles. The van der Waals surface area contributed by atoms with Gasteiger partial charge in [-0.1, -0.05) is 30.7 Å². The molecule has 2 aliphatic rings. The Labute approximate surface area is 110 Å². The minimum absolute atomic E-state index is 0.553. The summed E-state index contributed by atoms with van der Waals surface area (Å²) in [5, 5.41) is 3.54. The van der Waals surface area contributed by atoms with Crippen molar-refractivity contribution in [3.8, 4) is 0 Å². The van der Waals surface area contributed by atoms with Crippen LogP contribution in [0.5, 0.6) is 0 Å². The fourth-order valence-electron chi connectivity index (χ4n) is 3.31. The predicted octanol–water partition coefficient (Wildman–Crippen LogP) is 3.22. The van der Waals surface area contributed by atoms with Crippen molar-refractivity contribution in [1.82, 2.24) is 5.32 Å². The molecule has 0 aliphatic carbocycles. The average molecular weight is 245 g/mol. The normalized spacial score (nSPS) is 27.1. The maximum absolute atomic E-state index is 5.70. The van der Waals surface area contributed by atoms with Gasteiger partial charge in [0.2, 0.25) is 0 Å². The zero-order valence-corrected chi connectivity index (χ0v) is 11.0. The molecule has 3 rings (SSSR count). The van der Waals surface area contributed by atoms with Crippen LogP contribution in [0.4, 0.5) is 0 Å². The summed E-state index contributed by atoms with van der Waals surface area (Å²) in [5.74, 6) is 0.705. The van der Waals surface area contributed by atoms with Crippen LogP contribution < -0.4 is 5.32 Å². The van der Waals surface area contributed by atoms with Crippen molar-refractivity contribution in [3.63, 3.8) is 0 Å². The fourth-order valence-corrected chi connectivity index (χ4v) is 3.31. The van der Waals surface area contributed by atoms with Gasteiger partial charge in [-0.25, -0.2) is 0 Å². The SMILES string of the molecule is c1ccc2c(c1)CNCC2CCCC1CCCO1. The van der Waals surface area contributed by atoms with Crippen molar-refractivity contribution >= 4 is 0 Å². The molecular formula is C16H23NO. The third-order valence-electron chi connectivity index (χ3n) is 4.30. The second-order valence-electron chi connectivity index (χ2n) is 5.59. The predicted molar refractivity (Wildman–Crippen MR) is 73.7 cm³/mol. The summed E-state index contributed by atoms with van der Waals surface area (Å²) in [6, 6.07) is 8.90. The molecule has 2 unspecified atom stereocenters. The first-order valence-electron chi connectivity index (χ1n) is 7.33. The van der Waals surface area contributed by atoms with Crippen LogP contribution in [0.1, 0.15) is 49.1 Å². The van der Waals surface area contributed by atoms with E-state index in [-0.39, 0.29) is 0 Å². The van der Waals surface area contributed by atoms with Gasteiger partial charge in [-0.15, -0.1) is 0 Å². The minimum atomic E-state index is 0.553. The zero-order valence-electron chi connectivity index (χ0n) is 11.0. The van der Waals surface area contributed by atoms with E-state index in [2.05, 4.69) is 29.6 Å². The monoisotopic (exact) mass is 245 g/mol. The van der Waals surface area contributed by atoms with Gasteiger partial charge >= 0.3 is 0 Å². The first-order valence-corrected chi connectivity index (χ1v) is 7.33. The Morgan fingerprint density at radius 2 is 2.17 bits per heavy atom. The van der Waals surface area contributed by atoms with Gasteiger partial charge in [0.15, 0.2) is 0 Å². The number of benzene rings is 1. The van der Waals surface area contributed by atoms with E-state index in [1.54, 1.807) is 5.56 Å². The lowest BCUT2D eigenvalue weighted by Gasteiger charge is -2.26. The second kappa shape index (κ2) is 5.85. The van der Waals surface area contributed by atoms with Crippen LogP contribution in [0, 0.1) is 0 Å². The summed E-state index contributed by atoms with van der Waals surface area (Å²) < 4.78 is 5.70. The third kappa shape index (κ3) is 2.76. The molecule has 18 heavy (non-hydrogen) atoms. The van der Waals surface area contributed by atoms with E-state index in [1.165, 1.54) is 37.7 Å². The van der Waals surface area contributed by atoms with Gasteiger partial charge in [-0.05, 0) is 42.7 Å². The maximum Gasteiger partial charge on any atom is 0.0576 e. The number of ether oxygens (including phenoxy) is 1. The Bertz CT molecular complexity index is 384. The number of hydrogen-bond donors (Lipinski definition) is 1. The molecule has 1 aromatic carbocycles. The first-order chi connectivity index (χ1) is 8.93. The molecule has 1 fully saturated rings. The molecule has 2 atom stereocenters. The molecule has 0 bridgehead atoms. The van der Waals surface area contributed by atoms with E-state index in [1.807, 2.05) is 0 Å². The van der Waals surface area contributed by atoms with Crippen LogP contribution in [0.2, 0.25) is 0 Å². The molecule has 0 spiro atoms. The van der Waals surface area contributed by atoms with Crippen molar-refractivity contribution in [2.45, 2.75) is 50.7 Å². The molecule has 2 nitrogen and oxygen atoms in total. The Balaban J connectivity index is 1.54. The number of nitrogens with one attached hydrogen (secondary N) is 1. The van der Waals surface area contributed by atoms with Gasteiger partial charge in [0.05, 0.1) is 6.10 Å². The van der Waals surface area contributed by atoms with E-state index < -0.39 is 0 Å². The highest BCUT2D eigenvalue weighted by Gasteiger charge is 2.20. The van der Waals surface area contributed by atoms with Crippen molar-refractivity contribution in [3.05, 3.63) is 35.4 Å².